The average Bonchev–Trinajstić information content (AvgIpc) is 2.62. The topological polar surface area (TPSA) is 92.5 Å². The van der Waals surface area contributed by atoms with Crippen molar-refractivity contribution in [3.05, 3.63) is 75.4 Å². The van der Waals surface area contributed by atoms with Crippen molar-refractivity contribution in [2.24, 2.45) is 5.10 Å². The molecule has 1 heterocycles. The Balaban J connectivity index is 1.72. The molecule has 3 aromatic rings. The van der Waals surface area contributed by atoms with E-state index in [1.54, 1.807) is 6.20 Å². The number of aromatic nitrogens is 1. The molecule has 0 bridgehead atoms. The number of para-hydroxylation sites is 1. The summed E-state index contributed by atoms with van der Waals surface area (Å²) < 4.78 is 0. The number of nitrogens with one attached hydrogen (secondary N) is 2. The average molecular weight is 386 g/mol. The number of halogens is 1. The zero-order valence-electron chi connectivity index (χ0n) is 13.2. The molecule has 9 heteroatoms. The molecule has 0 aliphatic heterocycles. The summed E-state index contributed by atoms with van der Waals surface area (Å²) in [7, 11) is 0. The number of rotatable bonds is 4. The maximum absolute atomic E-state index is 11.0. The second kappa shape index (κ2) is 7.85. The lowest BCUT2D eigenvalue weighted by molar-refractivity contribution is -0.385. The van der Waals surface area contributed by atoms with Gasteiger partial charge in [-0.3, -0.25) is 20.5 Å². The first kappa shape index (κ1) is 17.7. The fraction of sp³-hybridized carbons (Fsp3) is 0. The van der Waals surface area contributed by atoms with Crippen LogP contribution in [0.1, 0.15) is 5.56 Å². The van der Waals surface area contributed by atoms with Crippen LogP contribution in [0.15, 0.2) is 59.8 Å². The lowest BCUT2D eigenvalue weighted by Gasteiger charge is -2.09. The fourth-order valence-electron chi connectivity index (χ4n) is 2.31. The summed E-state index contributed by atoms with van der Waals surface area (Å²) in [5.41, 5.74) is 4.29. The normalized spacial score (nSPS) is 10.8. The van der Waals surface area contributed by atoms with Gasteiger partial charge in [-0.1, -0.05) is 29.8 Å². The molecule has 0 spiro atoms. The minimum atomic E-state index is -0.504. The lowest BCUT2D eigenvalue weighted by atomic mass is 10.2. The van der Waals surface area contributed by atoms with Crippen LogP contribution in [0.3, 0.4) is 0 Å². The summed E-state index contributed by atoms with van der Waals surface area (Å²) in [5.74, 6) is 0. The van der Waals surface area contributed by atoms with E-state index in [9.17, 15) is 10.1 Å². The molecule has 7 nitrogen and oxygen atoms in total. The third-order valence-corrected chi connectivity index (χ3v) is 3.87. The first-order chi connectivity index (χ1) is 12.5. The number of benzene rings is 2. The highest BCUT2D eigenvalue weighted by Crippen LogP contribution is 2.21. The van der Waals surface area contributed by atoms with Gasteiger partial charge in [0.2, 0.25) is 0 Å². The van der Waals surface area contributed by atoms with Crippen LogP contribution in [0.4, 0.5) is 11.4 Å². The minimum absolute atomic E-state index is 0.0999. The second-order valence-electron chi connectivity index (χ2n) is 5.17. The maximum Gasteiger partial charge on any atom is 0.278 e. The summed E-state index contributed by atoms with van der Waals surface area (Å²) in [6.07, 6.45) is 2.99. The molecule has 2 aromatic carbocycles. The highest BCUT2D eigenvalue weighted by molar-refractivity contribution is 7.80. The number of fused-ring (bicyclic) bond motifs is 1. The van der Waals surface area contributed by atoms with Crippen molar-refractivity contribution in [1.29, 1.82) is 0 Å². The van der Waals surface area contributed by atoms with E-state index in [1.807, 2.05) is 30.3 Å². The molecule has 130 valence electrons. The van der Waals surface area contributed by atoms with Crippen LogP contribution in [0.2, 0.25) is 5.02 Å². The Morgan fingerprint density at radius 3 is 2.88 bits per heavy atom. The molecule has 0 aliphatic carbocycles. The minimum Gasteiger partial charge on any atom is -0.330 e. The fourth-order valence-corrected chi connectivity index (χ4v) is 2.65. The Bertz CT molecular complexity index is 1020. The zero-order chi connectivity index (χ0) is 18.5. The summed E-state index contributed by atoms with van der Waals surface area (Å²) in [4.78, 5) is 14.9. The number of anilines is 1. The molecule has 0 saturated heterocycles. The Kier molecular flexibility index (Phi) is 5.35. The van der Waals surface area contributed by atoms with E-state index >= 15 is 0 Å². The van der Waals surface area contributed by atoms with Gasteiger partial charge in [-0.15, -0.1) is 0 Å². The molecule has 0 aliphatic rings. The van der Waals surface area contributed by atoms with Crippen molar-refractivity contribution in [2.45, 2.75) is 0 Å². The van der Waals surface area contributed by atoms with Crippen molar-refractivity contribution in [2.75, 3.05) is 5.32 Å². The molecule has 0 atom stereocenters. The summed E-state index contributed by atoms with van der Waals surface area (Å²) >= 11 is 11.1. The van der Waals surface area contributed by atoms with Crippen LogP contribution in [-0.4, -0.2) is 21.2 Å². The van der Waals surface area contributed by atoms with Gasteiger partial charge in [0.15, 0.2) is 5.11 Å². The zero-order valence-corrected chi connectivity index (χ0v) is 14.8. The number of nitro benzene ring substituents is 1. The van der Waals surface area contributed by atoms with Crippen molar-refractivity contribution in [3.8, 4) is 0 Å². The highest BCUT2D eigenvalue weighted by Gasteiger charge is 2.12. The van der Waals surface area contributed by atoms with E-state index in [0.717, 1.165) is 16.6 Å². The summed E-state index contributed by atoms with van der Waals surface area (Å²) in [6.45, 7) is 0. The van der Waals surface area contributed by atoms with Crippen LogP contribution < -0.4 is 10.7 Å². The standard InChI is InChI=1S/C17H12ClN5O2S/c18-13-6-7-15(23(24)25)12(9-13)10-20-22-17(26)21-14-5-1-3-11-4-2-8-19-16(11)14/h1-10H,(H2,21,22,26)/b20-10-. The van der Waals surface area contributed by atoms with E-state index in [2.05, 4.69) is 20.8 Å². The molecule has 0 saturated carbocycles. The molecule has 0 fully saturated rings. The van der Waals surface area contributed by atoms with Crippen LogP contribution >= 0.6 is 23.8 Å². The third-order valence-electron chi connectivity index (χ3n) is 3.44. The summed E-state index contributed by atoms with van der Waals surface area (Å²) in [5, 5.41) is 19.5. The van der Waals surface area contributed by atoms with E-state index in [-0.39, 0.29) is 16.4 Å². The SMILES string of the molecule is O=[N+]([O-])c1ccc(Cl)cc1/C=N\NC(=S)Nc1cccc2cccnc12. The Morgan fingerprint density at radius 2 is 2.08 bits per heavy atom. The quantitative estimate of drug-likeness (QED) is 0.304. The number of thiocarbonyl (C=S) groups is 1. The van der Waals surface area contributed by atoms with Gasteiger partial charge in [0, 0.05) is 22.7 Å². The van der Waals surface area contributed by atoms with E-state index < -0.39 is 4.92 Å². The molecule has 26 heavy (non-hydrogen) atoms. The lowest BCUT2D eigenvalue weighted by Crippen LogP contribution is -2.24. The molecule has 0 amide bonds. The van der Waals surface area contributed by atoms with Gasteiger partial charge < -0.3 is 5.32 Å². The molecule has 3 rings (SSSR count). The van der Waals surface area contributed by atoms with Gasteiger partial charge in [0.1, 0.15) is 0 Å². The van der Waals surface area contributed by atoms with E-state index in [1.165, 1.54) is 24.4 Å². The number of hydrogen-bond acceptors (Lipinski definition) is 5. The number of nitrogens with zero attached hydrogens (tertiary/aromatic N) is 3. The number of nitro groups is 1. The largest absolute Gasteiger partial charge is 0.330 e. The van der Waals surface area contributed by atoms with Gasteiger partial charge in [-0.05, 0) is 36.5 Å². The smallest absolute Gasteiger partial charge is 0.278 e. The van der Waals surface area contributed by atoms with Gasteiger partial charge in [0.25, 0.3) is 5.69 Å². The van der Waals surface area contributed by atoms with E-state index in [0.29, 0.717) is 5.02 Å². The number of hydrazone groups is 1. The second-order valence-corrected chi connectivity index (χ2v) is 6.01. The Morgan fingerprint density at radius 1 is 1.27 bits per heavy atom. The van der Waals surface area contributed by atoms with Crippen molar-refractivity contribution >= 4 is 57.4 Å². The van der Waals surface area contributed by atoms with Crippen LogP contribution in [-0.2, 0) is 0 Å². The number of pyridine rings is 1. The monoisotopic (exact) mass is 385 g/mol. The van der Waals surface area contributed by atoms with Crippen molar-refractivity contribution in [3.63, 3.8) is 0 Å². The van der Waals surface area contributed by atoms with Gasteiger partial charge in [0.05, 0.1) is 27.9 Å². The first-order valence-electron chi connectivity index (χ1n) is 7.42. The van der Waals surface area contributed by atoms with Gasteiger partial charge >= 0.3 is 0 Å². The molecule has 0 unspecified atom stereocenters. The third kappa shape index (κ3) is 4.11. The molecule has 1 aromatic heterocycles. The van der Waals surface area contributed by atoms with Crippen LogP contribution in [0.25, 0.3) is 10.9 Å². The predicted octanol–water partition coefficient (Wildman–Crippen LogP) is 4.12. The Labute approximate surface area is 158 Å². The maximum atomic E-state index is 11.0. The summed E-state index contributed by atoms with van der Waals surface area (Å²) in [6, 6.07) is 13.7. The predicted molar refractivity (Wildman–Crippen MR) is 107 cm³/mol. The van der Waals surface area contributed by atoms with E-state index in [4.69, 9.17) is 23.8 Å². The number of hydrogen-bond donors (Lipinski definition) is 2. The van der Waals surface area contributed by atoms with Gasteiger partial charge in [-0.2, -0.15) is 5.10 Å². The first-order valence-corrected chi connectivity index (χ1v) is 8.21. The molecular formula is C17H12ClN5O2S. The highest BCUT2D eigenvalue weighted by atomic mass is 35.5. The molecule has 2 N–H and O–H groups in total. The van der Waals surface area contributed by atoms with Crippen LogP contribution in [0, 0.1) is 10.1 Å². The molecular weight excluding hydrogens is 374 g/mol. The van der Waals surface area contributed by atoms with Crippen molar-refractivity contribution < 1.29 is 4.92 Å². The van der Waals surface area contributed by atoms with Crippen molar-refractivity contribution in [1.82, 2.24) is 10.4 Å². The Hall–Kier alpha value is -3.10. The van der Waals surface area contributed by atoms with Crippen LogP contribution in [0.5, 0.6) is 0 Å². The van der Waals surface area contributed by atoms with Gasteiger partial charge in [-0.25, -0.2) is 0 Å². The molecule has 0 radical (unpaired) electrons.